The average Bonchev–Trinajstić information content (AvgIpc) is 2.39. The summed E-state index contributed by atoms with van der Waals surface area (Å²) in [5.74, 6) is 0.774. The second-order valence-corrected chi connectivity index (χ2v) is 4.96. The Morgan fingerprint density at radius 3 is 2.71 bits per heavy atom. The molecule has 1 aliphatic rings. The zero-order valence-electron chi connectivity index (χ0n) is 9.30. The van der Waals surface area contributed by atoms with Crippen molar-refractivity contribution in [2.24, 2.45) is 5.92 Å². The Kier molecular flexibility index (Phi) is 6.63. The van der Waals surface area contributed by atoms with Crippen LogP contribution in [-0.2, 0) is 4.74 Å². The molecule has 0 radical (unpaired) electrons. The van der Waals surface area contributed by atoms with E-state index in [0.29, 0.717) is 5.38 Å². The number of ether oxygens (including phenoxy) is 1. The van der Waals surface area contributed by atoms with Gasteiger partial charge < -0.3 is 4.74 Å². The lowest BCUT2D eigenvalue weighted by molar-refractivity contribution is 0.189. The van der Waals surface area contributed by atoms with Gasteiger partial charge in [0.05, 0.1) is 0 Å². The third kappa shape index (κ3) is 4.65. The van der Waals surface area contributed by atoms with E-state index in [1.807, 2.05) is 0 Å². The van der Waals surface area contributed by atoms with Gasteiger partial charge >= 0.3 is 0 Å². The number of alkyl halides is 1. The van der Waals surface area contributed by atoms with Crippen molar-refractivity contribution in [1.29, 1.82) is 0 Å². The molecule has 0 bridgehead atoms. The fourth-order valence-electron chi connectivity index (χ4n) is 2.32. The van der Waals surface area contributed by atoms with Crippen LogP contribution < -0.4 is 0 Å². The van der Waals surface area contributed by atoms with Gasteiger partial charge in [-0.25, -0.2) is 0 Å². The molecule has 0 aliphatic heterocycles. The highest BCUT2D eigenvalue weighted by Crippen LogP contribution is 2.30. The van der Waals surface area contributed by atoms with Gasteiger partial charge in [0.15, 0.2) is 0 Å². The fraction of sp³-hybridized carbons (Fsp3) is 1.00. The summed E-state index contributed by atoms with van der Waals surface area (Å²) in [7, 11) is 1.77. The monoisotopic (exact) mass is 218 g/mol. The van der Waals surface area contributed by atoms with Gasteiger partial charge in [-0.15, -0.1) is 11.6 Å². The summed E-state index contributed by atoms with van der Waals surface area (Å²) in [6.45, 7) is 0.902. The first kappa shape index (κ1) is 12.3. The van der Waals surface area contributed by atoms with Gasteiger partial charge in [-0.3, -0.25) is 0 Å². The summed E-state index contributed by atoms with van der Waals surface area (Å²) >= 11 is 6.37. The van der Waals surface area contributed by atoms with Gasteiger partial charge in [-0.1, -0.05) is 25.7 Å². The van der Waals surface area contributed by atoms with E-state index in [0.717, 1.165) is 12.5 Å². The van der Waals surface area contributed by atoms with Crippen molar-refractivity contribution >= 4 is 11.6 Å². The van der Waals surface area contributed by atoms with Crippen molar-refractivity contribution < 1.29 is 4.74 Å². The van der Waals surface area contributed by atoms with Crippen LogP contribution >= 0.6 is 11.6 Å². The van der Waals surface area contributed by atoms with E-state index in [1.165, 1.54) is 51.4 Å². The van der Waals surface area contributed by atoms with E-state index in [-0.39, 0.29) is 0 Å². The maximum Gasteiger partial charge on any atom is 0.0462 e. The maximum atomic E-state index is 6.37. The Bertz CT molecular complexity index is 138. The van der Waals surface area contributed by atoms with E-state index in [2.05, 4.69) is 0 Å². The first-order valence-corrected chi connectivity index (χ1v) is 6.41. The second kappa shape index (κ2) is 7.53. The molecule has 84 valence electrons. The zero-order chi connectivity index (χ0) is 10.2. The van der Waals surface area contributed by atoms with Crippen LogP contribution in [0.15, 0.2) is 0 Å². The van der Waals surface area contributed by atoms with E-state index in [1.54, 1.807) is 7.11 Å². The molecule has 0 spiro atoms. The maximum absolute atomic E-state index is 6.37. The summed E-state index contributed by atoms with van der Waals surface area (Å²) in [5, 5.41) is 0.444. The molecule has 2 unspecified atom stereocenters. The van der Waals surface area contributed by atoms with E-state index < -0.39 is 0 Å². The molecule has 0 heterocycles. The third-order valence-electron chi connectivity index (χ3n) is 3.24. The molecule has 0 saturated heterocycles. The predicted molar refractivity (Wildman–Crippen MR) is 61.9 cm³/mol. The number of rotatable bonds is 5. The lowest BCUT2D eigenvalue weighted by Crippen LogP contribution is -2.13. The quantitative estimate of drug-likeness (QED) is 0.385. The Hall–Kier alpha value is 0.250. The van der Waals surface area contributed by atoms with Crippen molar-refractivity contribution in [3.05, 3.63) is 0 Å². The van der Waals surface area contributed by atoms with E-state index in [4.69, 9.17) is 16.3 Å². The fourth-order valence-corrected chi connectivity index (χ4v) is 2.72. The van der Waals surface area contributed by atoms with Gasteiger partial charge in [0.2, 0.25) is 0 Å². The summed E-state index contributed by atoms with van der Waals surface area (Å²) < 4.78 is 5.05. The predicted octanol–water partition coefficient (Wildman–Crippen LogP) is 3.99. The molecule has 0 aromatic rings. The lowest BCUT2D eigenvalue weighted by atomic mass is 9.94. The minimum atomic E-state index is 0.444. The van der Waals surface area contributed by atoms with Crippen molar-refractivity contribution in [1.82, 2.24) is 0 Å². The van der Waals surface area contributed by atoms with Gasteiger partial charge in [0.1, 0.15) is 0 Å². The zero-order valence-corrected chi connectivity index (χ0v) is 10.1. The molecule has 1 fully saturated rings. The van der Waals surface area contributed by atoms with Crippen molar-refractivity contribution in [3.8, 4) is 0 Å². The largest absolute Gasteiger partial charge is 0.385 e. The topological polar surface area (TPSA) is 9.23 Å². The summed E-state index contributed by atoms with van der Waals surface area (Å²) in [5.41, 5.74) is 0. The number of hydrogen-bond acceptors (Lipinski definition) is 1. The normalized spacial score (nSPS) is 28.7. The Balaban J connectivity index is 2.13. The van der Waals surface area contributed by atoms with Crippen LogP contribution in [0.1, 0.15) is 51.4 Å². The van der Waals surface area contributed by atoms with Gasteiger partial charge in [-0.05, 0) is 31.6 Å². The molecule has 0 amide bonds. The highest BCUT2D eigenvalue weighted by molar-refractivity contribution is 6.20. The van der Waals surface area contributed by atoms with Crippen LogP contribution in [0.5, 0.6) is 0 Å². The first-order valence-electron chi connectivity index (χ1n) is 5.97. The standard InChI is InChI=1S/C12H23ClO/c1-14-10-6-5-8-11-7-3-2-4-9-12(11)13/h11-12H,2-10H2,1H3. The smallest absolute Gasteiger partial charge is 0.0462 e. The molecule has 0 aromatic carbocycles. The minimum Gasteiger partial charge on any atom is -0.385 e. The molecule has 1 aliphatic carbocycles. The molecule has 0 N–H and O–H groups in total. The van der Waals surface area contributed by atoms with Crippen molar-refractivity contribution in [2.45, 2.75) is 56.7 Å². The van der Waals surface area contributed by atoms with Gasteiger partial charge in [-0.2, -0.15) is 0 Å². The molecule has 1 saturated carbocycles. The Labute approximate surface area is 93.2 Å². The highest BCUT2D eigenvalue weighted by Gasteiger charge is 2.20. The van der Waals surface area contributed by atoms with E-state index in [9.17, 15) is 0 Å². The molecule has 1 rings (SSSR count). The van der Waals surface area contributed by atoms with Crippen LogP contribution in [0.4, 0.5) is 0 Å². The molecular weight excluding hydrogens is 196 g/mol. The molecule has 0 aromatic heterocycles. The third-order valence-corrected chi connectivity index (χ3v) is 3.81. The molecule has 14 heavy (non-hydrogen) atoms. The molecule has 1 nitrogen and oxygen atoms in total. The van der Waals surface area contributed by atoms with Crippen molar-refractivity contribution in [2.75, 3.05) is 13.7 Å². The average molecular weight is 219 g/mol. The second-order valence-electron chi connectivity index (χ2n) is 4.40. The lowest BCUT2D eigenvalue weighted by Gasteiger charge is -2.19. The van der Waals surface area contributed by atoms with Crippen LogP contribution in [0.3, 0.4) is 0 Å². The van der Waals surface area contributed by atoms with Crippen LogP contribution in [-0.4, -0.2) is 19.1 Å². The minimum absolute atomic E-state index is 0.444. The highest BCUT2D eigenvalue weighted by atomic mass is 35.5. The number of halogens is 1. The van der Waals surface area contributed by atoms with Crippen molar-refractivity contribution in [3.63, 3.8) is 0 Å². The Morgan fingerprint density at radius 2 is 1.93 bits per heavy atom. The molecular formula is C12H23ClO. The molecule has 2 atom stereocenters. The number of unbranched alkanes of at least 4 members (excludes halogenated alkanes) is 1. The van der Waals surface area contributed by atoms with Crippen LogP contribution in [0.2, 0.25) is 0 Å². The SMILES string of the molecule is COCCCCC1CCCCCC1Cl. The van der Waals surface area contributed by atoms with Crippen LogP contribution in [0.25, 0.3) is 0 Å². The van der Waals surface area contributed by atoms with Gasteiger partial charge in [0.25, 0.3) is 0 Å². The van der Waals surface area contributed by atoms with Crippen LogP contribution in [0, 0.1) is 5.92 Å². The van der Waals surface area contributed by atoms with Gasteiger partial charge in [0, 0.05) is 19.1 Å². The number of methoxy groups -OCH3 is 1. The summed E-state index contributed by atoms with van der Waals surface area (Å²) in [4.78, 5) is 0. The van der Waals surface area contributed by atoms with E-state index >= 15 is 0 Å². The number of hydrogen-bond donors (Lipinski definition) is 0. The summed E-state index contributed by atoms with van der Waals surface area (Å²) in [6.07, 6.45) is 10.5. The first-order chi connectivity index (χ1) is 6.84. The summed E-state index contributed by atoms with van der Waals surface area (Å²) in [6, 6.07) is 0. The Morgan fingerprint density at radius 1 is 1.14 bits per heavy atom. The molecule has 2 heteroatoms.